The second kappa shape index (κ2) is 5.21. The van der Waals surface area contributed by atoms with Crippen LogP contribution in [0, 0.1) is 6.92 Å². The summed E-state index contributed by atoms with van der Waals surface area (Å²) < 4.78 is 0. The highest BCUT2D eigenvalue weighted by Crippen LogP contribution is 2.33. The van der Waals surface area contributed by atoms with Gasteiger partial charge >= 0.3 is 5.97 Å². The lowest BCUT2D eigenvalue weighted by Gasteiger charge is -2.26. The Bertz CT molecular complexity index is 486. The Kier molecular flexibility index (Phi) is 3.80. The van der Waals surface area contributed by atoms with E-state index in [0.29, 0.717) is 19.5 Å². The van der Waals surface area contributed by atoms with Gasteiger partial charge in [-0.15, -0.1) is 0 Å². The lowest BCUT2D eigenvalue weighted by atomic mass is 9.99. The van der Waals surface area contributed by atoms with Crippen molar-refractivity contribution in [1.82, 2.24) is 0 Å². The van der Waals surface area contributed by atoms with Gasteiger partial charge in [0, 0.05) is 18.8 Å². The molecule has 0 saturated carbocycles. The van der Waals surface area contributed by atoms with Gasteiger partial charge in [0.2, 0.25) is 0 Å². The highest BCUT2D eigenvalue weighted by molar-refractivity contribution is 5.69. The summed E-state index contributed by atoms with van der Waals surface area (Å²) in [5.41, 5.74) is 2.49. The first-order valence-electron chi connectivity index (χ1n) is 6.73. The van der Waals surface area contributed by atoms with Crippen LogP contribution in [0.25, 0.3) is 0 Å². The Morgan fingerprint density at radius 3 is 2.84 bits per heavy atom. The predicted octanol–water partition coefficient (Wildman–Crippen LogP) is 1.97. The first-order chi connectivity index (χ1) is 8.95. The van der Waals surface area contributed by atoms with Crippen molar-refractivity contribution in [2.24, 2.45) is 0 Å². The number of aliphatic carboxylic acids is 1. The zero-order valence-electron chi connectivity index (χ0n) is 11.5. The van der Waals surface area contributed by atoms with E-state index in [1.165, 1.54) is 11.1 Å². The molecule has 1 unspecified atom stereocenters. The van der Waals surface area contributed by atoms with Crippen molar-refractivity contribution < 1.29 is 15.0 Å². The highest BCUT2D eigenvalue weighted by Gasteiger charge is 2.38. The number of carbonyl (C=O) groups is 1. The van der Waals surface area contributed by atoms with E-state index in [2.05, 4.69) is 30.9 Å². The number of anilines is 1. The number of rotatable bonds is 4. The molecule has 0 aliphatic carbocycles. The van der Waals surface area contributed by atoms with Crippen LogP contribution in [0.4, 0.5) is 5.69 Å². The van der Waals surface area contributed by atoms with E-state index in [1.807, 2.05) is 6.07 Å². The van der Waals surface area contributed by atoms with E-state index >= 15 is 0 Å². The van der Waals surface area contributed by atoms with Crippen LogP contribution in [0.15, 0.2) is 18.2 Å². The number of hydrogen-bond acceptors (Lipinski definition) is 3. The average molecular weight is 263 g/mol. The molecule has 0 spiro atoms. The third kappa shape index (κ3) is 2.89. The van der Waals surface area contributed by atoms with Gasteiger partial charge in [-0.2, -0.15) is 0 Å². The summed E-state index contributed by atoms with van der Waals surface area (Å²) in [6.45, 7) is 5.28. The highest BCUT2D eigenvalue weighted by atomic mass is 16.4. The maximum absolute atomic E-state index is 10.8. The average Bonchev–Trinajstić information content (AvgIpc) is 2.69. The van der Waals surface area contributed by atoms with Crippen LogP contribution in [0.1, 0.15) is 30.9 Å². The van der Waals surface area contributed by atoms with Crippen molar-refractivity contribution in [2.45, 2.75) is 38.7 Å². The van der Waals surface area contributed by atoms with Crippen LogP contribution < -0.4 is 4.90 Å². The number of benzene rings is 1. The summed E-state index contributed by atoms with van der Waals surface area (Å²) in [6.07, 6.45) is 1.26. The van der Waals surface area contributed by atoms with Gasteiger partial charge in [0.05, 0.1) is 12.0 Å². The molecule has 19 heavy (non-hydrogen) atoms. The zero-order valence-corrected chi connectivity index (χ0v) is 11.5. The number of carboxylic acid groups (broad SMARTS) is 1. The number of aryl methyl sites for hydroxylation is 2. The molecule has 1 aliphatic heterocycles. The second-order valence-electron chi connectivity index (χ2n) is 5.40. The molecule has 1 atom stereocenters. The molecule has 0 amide bonds. The third-order valence-corrected chi connectivity index (χ3v) is 3.83. The van der Waals surface area contributed by atoms with Gasteiger partial charge < -0.3 is 15.1 Å². The van der Waals surface area contributed by atoms with Crippen molar-refractivity contribution in [3.63, 3.8) is 0 Å². The molecule has 0 bridgehead atoms. The standard InChI is InChI=1S/C15H21NO3/c1-3-12-6-4-5-11(2)14(12)16-8-7-15(19,10-16)9-13(17)18/h4-6,19H,3,7-10H2,1-2H3,(H,17,18). The van der Waals surface area contributed by atoms with Crippen LogP contribution in [0.2, 0.25) is 0 Å². The van der Waals surface area contributed by atoms with Crippen molar-refractivity contribution >= 4 is 11.7 Å². The molecule has 1 heterocycles. The maximum Gasteiger partial charge on any atom is 0.306 e. The fourth-order valence-corrected chi connectivity index (χ4v) is 2.93. The van der Waals surface area contributed by atoms with Gasteiger partial charge in [-0.1, -0.05) is 25.1 Å². The van der Waals surface area contributed by atoms with E-state index < -0.39 is 11.6 Å². The molecule has 1 fully saturated rings. The van der Waals surface area contributed by atoms with Gasteiger partial charge in [0.1, 0.15) is 0 Å². The van der Waals surface area contributed by atoms with Crippen molar-refractivity contribution in [3.05, 3.63) is 29.3 Å². The molecule has 1 aromatic carbocycles. The normalized spacial score (nSPS) is 22.8. The molecule has 1 aromatic rings. The Balaban J connectivity index is 2.24. The van der Waals surface area contributed by atoms with E-state index in [4.69, 9.17) is 5.11 Å². The van der Waals surface area contributed by atoms with Crippen molar-refractivity contribution in [2.75, 3.05) is 18.0 Å². The first kappa shape index (κ1) is 13.9. The molecule has 2 N–H and O–H groups in total. The van der Waals surface area contributed by atoms with E-state index in [9.17, 15) is 9.90 Å². The molecule has 4 heteroatoms. The van der Waals surface area contributed by atoms with Crippen LogP contribution in [0.3, 0.4) is 0 Å². The summed E-state index contributed by atoms with van der Waals surface area (Å²) in [7, 11) is 0. The number of carboxylic acids is 1. The minimum Gasteiger partial charge on any atom is -0.481 e. The Labute approximate surface area is 113 Å². The monoisotopic (exact) mass is 263 g/mol. The van der Waals surface area contributed by atoms with Crippen molar-refractivity contribution in [3.8, 4) is 0 Å². The molecule has 1 aliphatic rings. The number of para-hydroxylation sites is 1. The Morgan fingerprint density at radius 1 is 1.47 bits per heavy atom. The summed E-state index contributed by atoms with van der Waals surface area (Å²) >= 11 is 0. The molecule has 0 aromatic heterocycles. The second-order valence-corrected chi connectivity index (χ2v) is 5.40. The molecule has 0 radical (unpaired) electrons. The molecule has 104 valence electrons. The summed E-state index contributed by atoms with van der Waals surface area (Å²) in [5.74, 6) is -0.940. The molecule has 2 rings (SSSR count). The van der Waals surface area contributed by atoms with Crippen LogP contribution >= 0.6 is 0 Å². The van der Waals surface area contributed by atoms with Gasteiger partial charge in [-0.25, -0.2) is 0 Å². The van der Waals surface area contributed by atoms with Crippen molar-refractivity contribution in [1.29, 1.82) is 0 Å². The molecular weight excluding hydrogens is 242 g/mol. The lowest BCUT2D eigenvalue weighted by Crippen LogP contribution is -2.35. The number of hydrogen-bond donors (Lipinski definition) is 2. The third-order valence-electron chi connectivity index (χ3n) is 3.83. The summed E-state index contributed by atoms with van der Waals surface area (Å²) in [6, 6.07) is 6.19. The first-order valence-corrected chi connectivity index (χ1v) is 6.73. The number of β-amino-alcohol motifs (C(OH)–C–C–N with tert-alkyl or cyclic N) is 1. The van der Waals surface area contributed by atoms with E-state index in [-0.39, 0.29) is 6.42 Å². The Morgan fingerprint density at radius 2 is 2.21 bits per heavy atom. The molecule has 4 nitrogen and oxygen atoms in total. The van der Waals surface area contributed by atoms with E-state index in [1.54, 1.807) is 0 Å². The topological polar surface area (TPSA) is 60.8 Å². The molecular formula is C15H21NO3. The lowest BCUT2D eigenvalue weighted by molar-refractivity contribution is -0.141. The SMILES string of the molecule is CCc1cccc(C)c1N1CCC(O)(CC(=O)O)C1. The smallest absolute Gasteiger partial charge is 0.306 e. The number of aliphatic hydroxyl groups is 1. The van der Waals surface area contributed by atoms with Crippen LogP contribution in [-0.4, -0.2) is 34.9 Å². The van der Waals surface area contributed by atoms with Gasteiger partial charge in [-0.05, 0) is 30.9 Å². The minimum absolute atomic E-state index is 0.184. The fourth-order valence-electron chi connectivity index (χ4n) is 2.93. The van der Waals surface area contributed by atoms with Crippen LogP contribution in [0.5, 0.6) is 0 Å². The molecule has 1 saturated heterocycles. The van der Waals surface area contributed by atoms with Gasteiger partial charge in [-0.3, -0.25) is 4.79 Å². The summed E-state index contributed by atoms with van der Waals surface area (Å²) in [4.78, 5) is 12.9. The number of nitrogens with zero attached hydrogens (tertiary/aromatic N) is 1. The predicted molar refractivity (Wildman–Crippen MR) is 74.6 cm³/mol. The fraction of sp³-hybridized carbons (Fsp3) is 0.533. The minimum atomic E-state index is -1.10. The van der Waals surface area contributed by atoms with Gasteiger partial charge in [0.25, 0.3) is 0 Å². The van der Waals surface area contributed by atoms with Crippen LogP contribution in [-0.2, 0) is 11.2 Å². The van der Waals surface area contributed by atoms with Gasteiger partial charge in [0.15, 0.2) is 0 Å². The zero-order chi connectivity index (χ0) is 14.0. The van der Waals surface area contributed by atoms with E-state index in [0.717, 1.165) is 12.1 Å². The largest absolute Gasteiger partial charge is 0.481 e. The Hall–Kier alpha value is -1.55. The maximum atomic E-state index is 10.8. The quantitative estimate of drug-likeness (QED) is 0.872. The summed E-state index contributed by atoms with van der Waals surface area (Å²) in [5, 5.41) is 19.2.